The first-order chi connectivity index (χ1) is 13.1. The molecule has 8 heteroatoms. The first kappa shape index (κ1) is 22.6. The molecule has 0 fully saturated rings. The van der Waals surface area contributed by atoms with Gasteiger partial charge in [-0.05, 0) is 37.1 Å². The van der Waals surface area contributed by atoms with Crippen molar-refractivity contribution in [2.45, 2.75) is 39.7 Å². The van der Waals surface area contributed by atoms with E-state index in [0.29, 0.717) is 12.5 Å². The summed E-state index contributed by atoms with van der Waals surface area (Å²) in [6, 6.07) is 4.85. The van der Waals surface area contributed by atoms with Crippen LogP contribution in [-0.2, 0) is 13.0 Å². The average Bonchev–Trinajstić information content (AvgIpc) is 3.26. The lowest BCUT2D eigenvalue weighted by Gasteiger charge is -2.10. The topological polar surface area (TPSA) is 65.1 Å². The maximum absolute atomic E-state index is 13.3. The molecule has 2 heterocycles. The summed E-state index contributed by atoms with van der Waals surface area (Å²) < 4.78 is 13.3. The highest BCUT2D eigenvalue weighted by Crippen LogP contribution is 2.20. The van der Waals surface area contributed by atoms with E-state index in [2.05, 4.69) is 44.8 Å². The number of guanidine groups is 1. The van der Waals surface area contributed by atoms with Gasteiger partial charge < -0.3 is 15.6 Å². The van der Waals surface area contributed by atoms with Crippen molar-refractivity contribution in [3.05, 3.63) is 51.9 Å². The van der Waals surface area contributed by atoms with Crippen LogP contribution in [0.5, 0.6) is 0 Å². The van der Waals surface area contributed by atoms with Crippen molar-refractivity contribution in [1.29, 1.82) is 0 Å². The number of nitrogens with zero attached hydrogens (tertiary/aromatic N) is 2. The molecule has 0 bridgehead atoms. The number of halogens is 2. The molecule has 0 saturated carbocycles. The lowest BCUT2D eigenvalue weighted by atomic mass is 10.1. The number of hydrogen-bond acceptors (Lipinski definition) is 3. The summed E-state index contributed by atoms with van der Waals surface area (Å²) in [5, 5.41) is 10.9. The SMILES string of the molecule is CCNC(=NCc1csc(C(C)C)n1)NCCc1c[nH]c2cc(F)ccc12.I. The maximum atomic E-state index is 13.3. The third-order valence-corrected chi connectivity index (χ3v) is 5.42. The number of benzene rings is 1. The Balaban J connectivity index is 0.00000280. The van der Waals surface area contributed by atoms with Gasteiger partial charge in [0.1, 0.15) is 5.82 Å². The molecule has 3 rings (SSSR count). The second-order valence-corrected chi connectivity index (χ2v) is 7.60. The molecule has 0 amide bonds. The third kappa shape index (κ3) is 5.91. The molecule has 1 aromatic carbocycles. The molecule has 3 N–H and O–H groups in total. The molecule has 0 radical (unpaired) electrons. The Kier molecular flexibility index (Phi) is 8.68. The van der Waals surface area contributed by atoms with Gasteiger partial charge in [-0.3, -0.25) is 0 Å². The van der Waals surface area contributed by atoms with Crippen LogP contribution < -0.4 is 10.6 Å². The van der Waals surface area contributed by atoms with Crippen LogP contribution in [0.15, 0.2) is 34.8 Å². The summed E-state index contributed by atoms with van der Waals surface area (Å²) in [6.45, 7) is 8.44. The van der Waals surface area contributed by atoms with Crippen LogP contribution in [0.1, 0.15) is 43.0 Å². The van der Waals surface area contributed by atoms with E-state index < -0.39 is 0 Å². The lowest BCUT2D eigenvalue weighted by Crippen LogP contribution is -2.38. The molecule has 0 aliphatic rings. The Hall–Kier alpha value is -1.68. The van der Waals surface area contributed by atoms with Crippen molar-refractivity contribution >= 4 is 52.2 Å². The van der Waals surface area contributed by atoms with Crippen LogP contribution in [0, 0.1) is 5.82 Å². The fraction of sp³-hybridized carbons (Fsp3) is 0.400. The van der Waals surface area contributed by atoms with E-state index in [-0.39, 0.29) is 29.8 Å². The Morgan fingerprint density at radius 3 is 2.86 bits per heavy atom. The van der Waals surface area contributed by atoms with Crippen molar-refractivity contribution in [3.8, 4) is 0 Å². The zero-order chi connectivity index (χ0) is 19.2. The highest BCUT2D eigenvalue weighted by Gasteiger charge is 2.07. The van der Waals surface area contributed by atoms with Gasteiger partial charge in [0.05, 0.1) is 17.2 Å². The highest BCUT2D eigenvalue weighted by atomic mass is 127. The predicted octanol–water partition coefficient (Wildman–Crippen LogP) is 4.80. The predicted molar refractivity (Wildman–Crippen MR) is 126 cm³/mol. The smallest absolute Gasteiger partial charge is 0.191 e. The van der Waals surface area contributed by atoms with Gasteiger partial charge in [0.15, 0.2) is 5.96 Å². The van der Waals surface area contributed by atoms with Crippen molar-refractivity contribution in [2.24, 2.45) is 4.99 Å². The van der Waals surface area contributed by atoms with Crippen LogP contribution >= 0.6 is 35.3 Å². The molecule has 0 unspecified atom stereocenters. The van der Waals surface area contributed by atoms with Gasteiger partial charge >= 0.3 is 0 Å². The molecule has 152 valence electrons. The van der Waals surface area contributed by atoms with Crippen LogP contribution in [-0.4, -0.2) is 29.0 Å². The second-order valence-electron chi connectivity index (χ2n) is 6.71. The fourth-order valence-electron chi connectivity index (χ4n) is 2.84. The summed E-state index contributed by atoms with van der Waals surface area (Å²) in [4.78, 5) is 12.4. The number of aliphatic imine (C=N–C) groups is 1. The van der Waals surface area contributed by atoms with Gasteiger partial charge in [-0.2, -0.15) is 0 Å². The quantitative estimate of drug-likeness (QED) is 0.241. The van der Waals surface area contributed by atoms with E-state index in [9.17, 15) is 4.39 Å². The minimum absolute atomic E-state index is 0. The number of rotatable bonds is 7. The number of fused-ring (bicyclic) bond motifs is 1. The molecular formula is C20H27FIN5S. The van der Waals surface area contributed by atoms with Crippen LogP contribution in [0.4, 0.5) is 4.39 Å². The third-order valence-electron chi connectivity index (χ3n) is 4.22. The zero-order valence-corrected chi connectivity index (χ0v) is 19.5. The monoisotopic (exact) mass is 515 g/mol. The Morgan fingerprint density at radius 2 is 2.14 bits per heavy atom. The standard InChI is InChI=1S/C20H26FN5S.HI/c1-4-22-20(25-11-16-12-27-19(26-16)13(2)3)23-8-7-14-10-24-18-9-15(21)5-6-17(14)18;/h5-6,9-10,12-13,24H,4,7-8,11H2,1-3H3,(H2,22,23,25);1H. The van der Waals surface area contributed by atoms with E-state index in [1.807, 2.05) is 19.2 Å². The summed E-state index contributed by atoms with van der Waals surface area (Å²) >= 11 is 1.69. The molecule has 2 aromatic heterocycles. The molecule has 0 aliphatic carbocycles. The van der Waals surface area contributed by atoms with Crippen LogP contribution in [0.3, 0.4) is 0 Å². The second kappa shape index (κ2) is 10.8. The molecular weight excluding hydrogens is 488 g/mol. The summed E-state index contributed by atoms with van der Waals surface area (Å²) in [7, 11) is 0. The Labute approximate surface area is 186 Å². The summed E-state index contributed by atoms with van der Waals surface area (Å²) in [6.07, 6.45) is 2.77. The van der Waals surface area contributed by atoms with Crippen molar-refractivity contribution < 1.29 is 4.39 Å². The van der Waals surface area contributed by atoms with E-state index in [0.717, 1.165) is 52.6 Å². The minimum atomic E-state index is -0.224. The van der Waals surface area contributed by atoms with E-state index in [4.69, 9.17) is 0 Å². The van der Waals surface area contributed by atoms with Crippen molar-refractivity contribution in [1.82, 2.24) is 20.6 Å². The number of thiazole rings is 1. The Morgan fingerprint density at radius 1 is 1.32 bits per heavy atom. The van der Waals surface area contributed by atoms with Gasteiger partial charge in [0.25, 0.3) is 0 Å². The number of aromatic amines is 1. The van der Waals surface area contributed by atoms with E-state index >= 15 is 0 Å². The van der Waals surface area contributed by atoms with Gasteiger partial charge in [-0.15, -0.1) is 35.3 Å². The fourth-order valence-corrected chi connectivity index (χ4v) is 3.67. The minimum Gasteiger partial charge on any atom is -0.361 e. The molecule has 0 atom stereocenters. The number of hydrogen-bond donors (Lipinski definition) is 3. The van der Waals surface area contributed by atoms with Crippen LogP contribution in [0.25, 0.3) is 10.9 Å². The average molecular weight is 515 g/mol. The van der Waals surface area contributed by atoms with Gasteiger partial charge in [0, 0.05) is 41.5 Å². The van der Waals surface area contributed by atoms with E-state index in [1.165, 1.54) is 12.1 Å². The molecule has 28 heavy (non-hydrogen) atoms. The van der Waals surface area contributed by atoms with Gasteiger partial charge in [0.2, 0.25) is 0 Å². The lowest BCUT2D eigenvalue weighted by molar-refractivity contribution is 0.629. The van der Waals surface area contributed by atoms with Gasteiger partial charge in [-0.25, -0.2) is 14.4 Å². The number of nitrogens with one attached hydrogen (secondary N) is 3. The summed E-state index contributed by atoms with van der Waals surface area (Å²) in [5.74, 6) is 1.00. The largest absolute Gasteiger partial charge is 0.361 e. The maximum Gasteiger partial charge on any atom is 0.191 e. The zero-order valence-electron chi connectivity index (χ0n) is 16.4. The molecule has 0 saturated heterocycles. The number of H-pyrrole nitrogens is 1. The highest BCUT2D eigenvalue weighted by molar-refractivity contribution is 14.0. The number of aromatic nitrogens is 2. The molecule has 0 spiro atoms. The molecule has 0 aliphatic heterocycles. The van der Waals surface area contributed by atoms with Gasteiger partial charge in [-0.1, -0.05) is 13.8 Å². The van der Waals surface area contributed by atoms with Crippen LogP contribution in [0.2, 0.25) is 0 Å². The Bertz CT molecular complexity index is 918. The molecule has 3 aromatic rings. The molecule has 5 nitrogen and oxygen atoms in total. The first-order valence-corrected chi connectivity index (χ1v) is 10.2. The van der Waals surface area contributed by atoms with E-state index in [1.54, 1.807) is 11.3 Å². The first-order valence-electron chi connectivity index (χ1n) is 9.28. The normalized spacial score (nSPS) is 11.7. The van der Waals surface area contributed by atoms with Crippen molar-refractivity contribution in [3.63, 3.8) is 0 Å². The van der Waals surface area contributed by atoms with Crippen molar-refractivity contribution in [2.75, 3.05) is 13.1 Å². The summed E-state index contributed by atoms with van der Waals surface area (Å²) in [5.41, 5.74) is 2.99.